The Kier molecular flexibility index (Phi) is 11.7. The molecule has 0 radical (unpaired) electrons. The van der Waals surface area contributed by atoms with Crippen LogP contribution in [0.1, 0.15) is 72.6 Å². The highest BCUT2D eigenvalue weighted by Crippen LogP contribution is 2.48. The zero-order chi connectivity index (χ0) is 42.4. The van der Waals surface area contributed by atoms with Crippen molar-refractivity contribution in [3.63, 3.8) is 0 Å². The van der Waals surface area contributed by atoms with Gasteiger partial charge in [-0.05, 0) is 93.9 Å². The molecule has 19 heteroatoms. The number of ether oxygens (including phenoxy) is 3. The number of aromatic nitrogens is 1. The van der Waals surface area contributed by atoms with Gasteiger partial charge in [0.25, 0.3) is 5.91 Å². The third-order valence-corrected chi connectivity index (χ3v) is 13.9. The standard InChI is InChI=1S/C39H49F4N5O9S/c1-22-8-6-7-9-25-19-38(25,34(51)47-58(53,54)37(21-40)13-14-37)46-31(49)29-18-27(56-32-28-11-10-26(55-5)17-24(28)12-15-44-32)20-48(29)33(50)30(23(2)16-22)45-35(52)57-36(3,4)39(41,42)43/h7,9-12,15,17,22-23,25,27,29-30H,6,8,13-14,16,18-21H2,1-5H3,(H,45,52)(H,46,49)(H,47,51)/b9-7-/t22-,23-,25-,27-,29+,30+,38-/m1/s1. The fraction of sp³-hybridized carbons (Fsp3) is 0.615. The molecule has 0 unspecified atom stereocenters. The van der Waals surface area contributed by atoms with Gasteiger partial charge in [0.2, 0.25) is 33.3 Å². The van der Waals surface area contributed by atoms with Gasteiger partial charge in [-0.15, -0.1) is 0 Å². The fourth-order valence-electron chi connectivity index (χ4n) is 7.70. The van der Waals surface area contributed by atoms with Crippen molar-refractivity contribution in [1.29, 1.82) is 0 Å². The minimum absolute atomic E-state index is 0.0147. The number of hydrogen-bond donors (Lipinski definition) is 3. The quantitative estimate of drug-likeness (QED) is 0.233. The summed E-state index contributed by atoms with van der Waals surface area (Å²) in [5.74, 6) is -3.34. The van der Waals surface area contributed by atoms with E-state index in [4.69, 9.17) is 14.2 Å². The van der Waals surface area contributed by atoms with Crippen molar-refractivity contribution in [3.05, 3.63) is 42.6 Å². The van der Waals surface area contributed by atoms with Crippen LogP contribution in [0.3, 0.4) is 0 Å². The Morgan fingerprint density at radius 3 is 2.48 bits per heavy atom. The van der Waals surface area contributed by atoms with Gasteiger partial charge >= 0.3 is 12.3 Å². The first-order chi connectivity index (χ1) is 27.2. The predicted molar refractivity (Wildman–Crippen MR) is 202 cm³/mol. The Hall–Kier alpha value is -4.68. The molecule has 0 spiro atoms. The number of fused-ring (bicyclic) bond motifs is 3. The number of benzene rings is 1. The average Bonchev–Trinajstić information content (AvgIpc) is 4.05. The number of allylic oxidation sites excluding steroid dienone is 1. The third-order valence-electron chi connectivity index (χ3n) is 11.8. The van der Waals surface area contributed by atoms with Crippen LogP contribution in [0.25, 0.3) is 10.8 Å². The van der Waals surface area contributed by atoms with Crippen LogP contribution in [-0.2, 0) is 29.1 Å². The van der Waals surface area contributed by atoms with Gasteiger partial charge in [0.15, 0.2) is 0 Å². The van der Waals surface area contributed by atoms with E-state index in [0.717, 1.165) is 10.3 Å². The van der Waals surface area contributed by atoms with E-state index in [9.17, 15) is 45.2 Å². The normalized spacial score (nSPS) is 29.4. The second-order valence-corrected chi connectivity index (χ2v) is 18.6. The number of nitrogens with zero attached hydrogens (tertiary/aromatic N) is 2. The van der Waals surface area contributed by atoms with Crippen molar-refractivity contribution in [3.8, 4) is 11.6 Å². The maximum atomic E-state index is 14.7. The highest BCUT2D eigenvalue weighted by atomic mass is 32.2. The number of carbonyl (C=O) groups is 4. The monoisotopic (exact) mass is 839 g/mol. The van der Waals surface area contributed by atoms with E-state index in [0.29, 0.717) is 44.2 Å². The SMILES string of the molecule is COc1ccc2c(O[C@@H]3C[C@H]4C(=O)N[C@]5(C(=O)NS(=O)(=O)C6(CF)CC6)C[C@H]5/C=C\CC[C@@H](C)C[C@@H](C)[C@H](NC(=O)OC(C)(C)C(F)(F)F)C(=O)N4C3)nccc2c1. The lowest BCUT2D eigenvalue weighted by atomic mass is 9.88. The van der Waals surface area contributed by atoms with Gasteiger partial charge in [-0.1, -0.05) is 26.0 Å². The van der Waals surface area contributed by atoms with Gasteiger partial charge in [0.1, 0.15) is 40.9 Å². The molecule has 7 atom stereocenters. The largest absolute Gasteiger partial charge is 0.497 e. The lowest BCUT2D eigenvalue weighted by molar-refractivity contribution is -0.244. The van der Waals surface area contributed by atoms with Crippen LogP contribution in [0, 0.1) is 17.8 Å². The smallest absolute Gasteiger partial charge is 0.427 e. The summed E-state index contributed by atoms with van der Waals surface area (Å²) in [6.07, 6.45) is -0.967. The zero-order valence-electron chi connectivity index (χ0n) is 32.9. The van der Waals surface area contributed by atoms with Crippen LogP contribution in [0.15, 0.2) is 42.6 Å². The van der Waals surface area contributed by atoms with Crippen LogP contribution >= 0.6 is 0 Å². The van der Waals surface area contributed by atoms with Crippen LogP contribution < -0.4 is 24.8 Å². The van der Waals surface area contributed by atoms with Gasteiger partial charge in [-0.2, -0.15) is 13.2 Å². The molecule has 3 heterocycles. The Balaban J connectivity index is 1.35. The van der Waals surface area contributed by atoms with Crippen molar-refractivity contribution in [1.82, 2.24) is 25.2 Å². The predicted octanol–water partition coefficient (Wildman–Crippen LogP) is 4.86. The zero-order valence-corrected chi connectivity index (χ0v) is 33.7. The third kappa shape index (κ3) is 8.54. The molecule has 14 nitrogen and oxygen atoms in total. The lowest BCUT2D eigenvalue weighted by Gasteiger charge is -2.34. The molecule has 58 heavy (non-hydrogen) atoms. The van der Waals surface area contributed by atoms with Crippen molar-refractivity contribution >= 4 is 44.6 Å². The summed E-state index contributed by atoms with van der Waals surface area (Å²) in [5, 5.41) is 6.38. The van der Waals surface area contributed by atoms with Gasteiger partial charge in [-0.25, -0.2) is 22.6 Å². The van der Waals surface area contributed by atoms with E-state index < -0.39 is 92.6 Å². The number of alkyl halides is 4. The van der Waals surface area contributed by atoms with E-state index in [1.165, 1.54) is 13.3 Å². The van der Waals surface area contributed by atoms with Crippen molar-refractivity contribution in [2.24, 2.45) is 17.8 Å². The van der Waals surface area contributed by atoms with Gasteiger partial charge < -0.3 is 29.7 Å². The van der Waals surface area contributed by atoms with E-state index >= 15 is 0 Å². The van der Waals surface area contributed by atoms with E-state index in [-0.39, 0.29) is 44.0 Å². The Labute approximate surface area is 333 Å². The molecule has 1 saturated heterocycles. The second-order valence-electron chi connectivity index (χ2n) is 16.6. The number of nitrogens with one attached hydrogen (secondary N) is 3. The Bertz CT molecular complexity index is 2080. The van der Waals surface area contributed by atoms with E-state index in [1.807, 2.05) is 11.6 Å². The minimum atomic E-state index is -4.93. The molecule has 4 amide bonds. The number of halogens is 4. The maximum absolute atomic E-state index is 14.7. The molecular weight excluding hydrogens is 791 g/mol. The topological polar surface area (TPSA) is 182 Å². The van der Waals surface area contributed by atoms with Crippen LogP contribution in [0.5, 0.6) is 11.6 Å². The lowest BCUT2D eigenvalue weighted by Crippen LogP contribution is -2.60. The number of pyridine rings is 1. The summed E-state index contributed by atoms with van der Waals surface area (Å²) in [4.78, 5) is 61.7. The highest BCUT2D eigenvalue weighted by Gasteiger charge is 2.64. The summed E-state index contributed by atoms with van der Waals surface area (Å²) in [6.45, 7) is 3.49. The molecule has 0 bridgehead atoms. The number of alkyl carbamates (subject to hydrolysis) is 1. The van der Waals surface area contributed by atoms with Crippen LogP contribution in [0.2, 0.25) is 0 Å². The number of sulfonamides is 1. The maximum Gasteiger partial charge on any atom is 0.427 e. The highest BCUT2D eigenvalue weighted by molar-refractivity contribution is 7.91. The number of carbonyl (C=O) groups excluding carboxylic acids is 4. The number of hydrogen-bond acceptors (Lipinski definition) is 10. The molecule has 4 aliphatic rings. The van der Waals surface area contributed by atoms with Gasteiger partial charge in [0, 0.05) is 23.9 Å². The second kappa shape index (κ2) is 15.8. The molecule has 3 N–H and O–H groups in total. The number of methoxy groups -OCH3 is 1. The van der Waals surface area contributed by atoms with E-state index in [2.05, 4.69) is 15.6 Å². The minimum Gasteiger partial charge on any atom is -0.497 e. The first-order valence-corrected chi connectivity index (χ1v) is 20.7. The first kappa shape index (κ1) is 42.9. The molecule has 2 aromatic rings. The molecular formula is C39H49F4N5O9S. The number of rotatable bonds is 9. The molecule has 1 aromatic carbocycles. The van der Waals surface area contributed by atoms with E-state index in [1.54, 1.807) is 43.3 Å². The molecule has 3 fully saturated rings. The van der Waals surface area contributed by atoms with Crippen LogP contribution in [-0.4, -0.2) is 103 Å². The van der Waals surface area contributed by atoms with Gasteiger partial charge in [-0.3, -0.25) is 19.1 Å². The summed E-state index contributed by atoms with van der Waals surface area (Å²) in [5.41, 5.74) is -4.67. The van der Waals surface area contributed by atoms with Gasteiger partial charge in [0.05, 0.1) is 13.7 Å². The van der Waals surface area contributed by atoms with Crippen molar-refractivity contribution < 1.29 is 59.4 Å². The van der Waals surface area contributed by atoms with Crippen LogP contribution in [0.4, 0.5) is 22.4 Å². The Morgan fingerprint density at radius 1 is 1.10 bits per heavy atom. The average molecular weight is 840 g/mol. The fourth-order valence-corrected chi connectivity index (χ4v) is 9.13. The van der Waals surface area contributed by atoms with Crippen molar-refractivity contribution in [2.75, 3.05) is 20.3 Å². The molecule has 2 saturated carbocycles. The molecule has 2 aliphatic heterocycles. The summed E-state index contributed by atoms with van der Waals surface area (Å²) in [7, 11) is -2.94. The molecule has 318 valence electrons. The first-order valence-electron chi connectivity index (χ1n) is 19.2. The summed E-state index contributed by atoms with van der Waals surface area (Å²) >= 11 is 0. The molecule has 6 rings (SSSR count). The summed E-state index contributed by atoms with van der Waals surface area (Å²) in [6, 6.07) is 4.09. The molecule has 2 aliphatic carbocycles. The summed E-state index contributed by atoms with van der Waals surface area (Å²) < 4.78 is 98.0. The number of amides is 4. The molecule has 1 aromatic heterocycles. The van der Waals surface area contributed by atoms with Crippen molar-refractivity contribution in [2.45, 2.75) is 113 Å². The Morgan fingerprint density at radius 2 is 1.83 bits per heavy atom.